The second-order valence-corrected chi connectivity index (χ2v) is 4.42. The van der Waals surface area contributed by atoms with E-state index in [-0.39, 0.29) is 6.61 Å². The van der Waals surface area contributed by atoms with E-state index in [1.54, 1.807) is 0 Å². The van der Waals surface area contributed by atoms with E-state index in [1.165, 1.54) is 0 Å². The Morgan fingerprint density at radius 3 is 2.28 bits per heavy atom. The van der Waals surface area contributed by atoms with Crippen LogP contribution in [0.25, 0.3) is 11.3 Å². The summed E-state index contributed by atoms with van der Waals surface area (Å²) < 4.78 is 11.2. The van der Waals surface area contributed by atoms with Crippen molar-refractivity contribution < 1.29 is 14.3 Å². The number of aliphatic hydroxyl groups excluding tert-OH is 1. The molecule has 3 nitrogen and oxygen atoms in total. The summed E-state index contributed by atoms with van der Waals surface area (Å²) in [7, 11) is 0. The highest BCUT2D eigenvalue weighted by Crippen LogP contribution is 2.30. The Kier molecular flexibility index (Phi) is 3.72. The topological polar surface area (TPSA) is 42.6 Å². The van der Waals surface area contributed by atoms with E-state index in [4.69, 9.17) is 14.3 Å². The quantitative estimate of drug-likeness (QED) is 0.900. The number of furan rings is 1. The van der Waals surface area contributed by atoms with Gasteiger partial charge in [0.05, 0.1) is 6.61 Å². The van der Waals surface area contributed by atoms with Crippen LogP contribution in [0.15, 0.2) is 28.7 Å². The summed E-state index contributed by atoms with van der Waals surface area (Å²) in [6.07, 6.45) is 0. The molecule has 0 saturated heterocycles. The predicted octanol–water partition coefficient (Wildman–Crippen LogP) is 3.24. The van der Waals surface area contributed by atoms with Gasteiger partial charge >= 0.3 is 0 Å². The van der Waals surface area contributed by atoms with Crippen molar-refractivity contribution in [3.8, 4) is 17.1 Å². The first-order valence-corrected chi connectivity index (χ1v) is 6.03. The zero-order valence-electron chi connectivity index (χ0n) is 11.0. The van der Waals surface area contributed by atoms with Crippen molar-refractivity contribution >= 4 is 0 Å². The molecule has 18 heavy (non-hydrogen) atoms. The highest BCUT2D eigenvalue weighted by Gasteiger charge is 2.09. The zero-order chi connectivity index (χ0) is 13.1. The van der Waals surface area contributed by atoms with Gasteiger partial charge in [-0.1, -0.05) is 0 Å². The SMILES string of the molecule is Cc1ccc(-c2cc(C)c(OCCO)c(C)c2)o1. The molecule has 2 rings (SSSR count). The lowest BCUT2D eigenvalue weighted by Crippen LogP contribution is -2.04. The Morgan fingerprint density at radius 2 is 1.78 bits per heavy atom. The molecule has 2 aromatic rings. The first-order chi connectivity index (χ1) is 8.61. The van der Waals surface area contributed by atoms with Crippen LogP contribution in [0.3, 0.4) is 0 Å². The van der Waals surface area contributed by atoms with Crippen LogP contribution in [0, 0.1) is 20.8 Å². The van der Waals surface area contributed by atoms with E-state index >= 15 is 0 Å². The van der Waals surface area contributed by atoms with Crippen LogP contribution in [0.4, 0.5) is 0 Å². The number of aliphatic hydroxyl groups is 1. The maximum Gasteiger partial charge on any atom is 0.134 e. The second kappa shape index (κ2) is 5.27. The summed E-state index contributed by atoms with van der Waals surface area (Å²) in [6.45, 7) is 6.28. The van der Waals surface area contributed by atoms with Gasteiger partial charge in [0, 0.05) is 5.56 Å². The van der Waals surface area contributed by atoms with Gasteiger partial charge in [-0.15, -0.1) is 0 Å². The smallest absolute Gasteiger partial charge is 0.134 e. The summed E-state index contributed by atoms with van der Waals surface area (Å²) >= 11 is 0. The molecule has 96 valence electrons. The van der Waals surface area contributed by atoms with Crippen molar-refractivity contribution in [1.29, 1.82) is 0 Å². The summed E-state index contributed by atoms with van der Waals surface area (Å²) in [5.41, 5.74) is 3.15. The van der Waals surface area contributed by atoms with Crippen molar-refractivity contribution in [2.24, 2.45) is 0 Å². The molecular weight excluding hydrogens is 228 g/mol. The molecule has 0 spiro atoms. The molecule has 0 amide bonds. The maximum atomic E-state index is 8.80. The van der Waals surface area contributed by atoms with Gasteiger partial charge in [0.25, 0.3) is 0 Å². The Bertz CT molecular complexity index is 517. The van der Waals surface area contributed by atoms with Crippen LogP contribution in [0.5, 0.6) is 5.75 Å². The third-order valence-corrected chi connectivity index (χ3v) is 2.82. The zero-order valence-corrected chi connectivity index (χ0v) is 11.0. The number of ether oxygens (including phenoxy) is 1. The third kappa shape index (κ3) is 2.57. The monoisotopic (exact) mass is 246 g/mol. The molecule has 0 aliphatic rings. The predicted molar refractivity (Wildman–Crippen MR) is 70.9 cm³/mol. The molecule has 0 atom stereocenters. The largest absolute Gasteiger partial charge is 0.491 e. The summed E-state index contributed by atoms with van der Waals surface area (Å²) in [4.78, 5) is 0. The average molecular weight is 246 g/mol. The van der Waals surface area contributed by atoms with Gasteiger partial charge in [-0.2, -0.15) is 0 Å². The van der Waals surface area contributed by atoms with Crippen molar-refractivity contribution in [2.45, 2.75) is 20.8 Å². The van der Waals surface area contributed by atoms with Crippen molar-refractivity contribution in [2.75, 3.05) is 13.2 Å². The van der Waals surface area contributed by atoms with Crippen LogP contribution in [0.2, 0.25) is 0 Å². The van der Waals surface area contributed by atoms with E-state index in [0.717, 1.165) is 34.0 Å². The lowest BCUT2D eigenvalue weighted by molar-refractivity contribution is 0.200. The molecule has 0 saturated carbocycles. The minimum atomic E-state index is 0.0258. The Labute approximate surface area is 107 Å². The number of hydrogen-bond acceptors (Lipinski definition) is 3. The molecule has 0 radical (unpaired) electrons. The fourth-order valence-electron chi connectivity index (χ4n) is 2.06. The molecule has 1 heterocycles. The van der Waals surface area contributed by atoms with Crippen molar-refractivity contribution in [3.63, 3.8) is 0 Å². The number of hydrogen-bond donors (Lipinski definition) is 1. The van der Waals surface area contributed by atoms with Crippen LogP contribution in [-0.2, 0) is 0 Å². The Morgan fingerprint density at radius 1 is 1.11 bits per heavy atom. The van der Waals surface area contributed by atoms with E-state index in [9.17, 15) is 0 Å². The standard InChI is InChI=1S/C15H18O3/c1-10-8-13(14-5-4-12(3)18-14)9-11(2)15(10)17-7-6-16/h4-5,8-9,16H,6-7H2,1-3H3. The molecule has 1 N–H and O–H groups in total. The first-order valence-electron chi connectivity index (χ1n) is 6.03. The van der Waals surface area contributed by atoms with Crippen molar-refractivity contribution in [3.05, 3.63) is 41.2 Å². The minimum Gasteiger partial charge on any atom is -0.491 e. The molecule has 0 aliphatic heterocycles. The molecule has 0 bridgehead atoms. The van der Waals surface area contributed by atoms with Crippen LogP contribution >= 0.6 is 0 Å². The minimum absolute atomic E-state index is 0.0258. The maximum absolute atomic E-state index is 8.80. The van der Waals surface area contributed by atoms with Gasteiger partial charge in [-0.3, -0.25) is 0 Å². The number of benzene rings is 1. The highest BCUT2D eigenvalue weighted by molar-refractivity contribution is 5.63. The fourth-order valence-corrected chi connectivity index (χ4v) is 2.06. The van der Waals surface area contributed by atoms with Crippen LogP contribution in [0.1, 0.15) is 16.9 Å². The number of aryl methyl sites for hydroxylation is 3. The normalized spacial score (nSPS) is 10.7. The molecule has 0 fully saturated rings. The van der Waals surface area contributed by atoms with Gasteiger partial charge in [-0.25, -0.2) is 0 Å². The van der Waals surface area contributed by atoms with Gasteiger partial charge in [0.2, 0.25) is 0 Å². The molecule has 3 heteroatoms. The van der Waals surface area contributed by atoms with Crippen LogP contribution in [-0.4, -0.2) is 18.3 Å². The summed E-state index contributed by atoms with van der Waals surface area (Å²) in [6, 6.07) is 8.00. The van der Waals surface area contributed by atoms with E-state index in [1.807, 2.05) is 45.0 Å². The lowest BCUT2D eigenvalue weighted by atomic mass is 10.0. The first kappa shape index (κ1) is 12.7. The molecular formula is C15H18O3. The fraction of sp³-hybridized carbons (Fsp3) is 0.333. The Balaban J connectivity index is 2.36. The highest BCUT2D eigenvalue weighted by atomic mass is 16.5. The van der Waals surface area contributed by atoms with Gasteiger partial charge in [0.15, 0.2) is 0 Å². The van der Waals surface area contributed by atoms with Gasteiger partial charge < -0.3 is 14.3 Å². The third-order valence-electron chi connectivity index (χ3n) is 2.82. The second-order valence-electron chi connectivity index (χ2n) is 4.42. The van der Waals surface area contributed by atoms with Gasteiger partial charge in [0.1, 0.15) is 23.9 Å². The lowest BCUT2D eigenvalue weighted by Gasteiger charge is -2.12. The molecule has 0 unspecified atom stereocenters. The molecule has 0 aliphatic carbocycles. The van der Waals surface area contributed by atoms with E-state index in [0.29, 0.717) is 6.61 Å². The van der Waals surface area contributed by atoms with Gasteiger partial charge in [-0.05, 0) is 56.2 Å². The molecule has 1 aromatic heterocycles. The van der Waals surface area contributed by atoms with Crippen LogP contribution < -0.4 is 4.74 Å². The number of rotatable bonds is 4. The van der Waals surface area contributed by atoms with Crippen molar-refractivity contribution in [1.82, 2.24) is 0 Å². The van der Waals surface area contributed by atoms with E-state index < -0.39 is 0 Å². The average Bonchev–Trinajstić information content (AvgIpc) is 2.75. The summed E-state index contributed by atoms with van der Waals surface area (Å²) in [5, 5.41) is 8.80. The summed E-state index contributed by atoms with van der Waals surface area (Å²) in [5.74, 6) is 2.62. The Hall–Kier alpha value is -1.74. The molecule has 1 aromatic carbocycles. The van der Waals surface area contributed by atoms with E-state index in [2.05, 4.69) is 0 Å².